The topological polar surface area (TPSA) is 46.3 Å². The molecule has 0 saturated carbocycles. The van der Waals surface area contributed by atoms with Crippen LogP contribution < -0.4 is 5.73 Å². The van der Waals surface area contributed by atoms with E-state index in [-0.39, 0.29) is 11.9 Å². The van der Waals surface area contributed by atoms with Crippen LogP contribution in [0.25, 0.3) is 0 Å². The molecule has 1 amide bonds. The fourth-order valence-corrected chi connectivity index (χ4v) is 2.20. The fourth-order valence-electron chi connectivity index (χ4n) is 1.91. The molecule has 0 aliphatic carbocycles. The zero-order valence-corrected chi connectivity index (χ0v) is 11.9. The van der Waals surface area contributed by atoms with E-state index in [1.807, 2.05) is 38.1 Å². The molecule has 0 saturated heterocycles. The van der Waals surface area contributed by atoms with Crippen molar-refractivity contribution in [1.29, 1.82) is 0 Å². The first-order valence-corrected chi connectivity index (χ1v) is 6.63. The molecule has 0 aromatic heterocycles. The molecule has 1 aromatic carbocycles. The van der Waals surface area contributed by atoms with E-state index in [0.717, 1.165) is 12.0 Å². The minimum absolute atomic E-state index is 0.0377. The number of halogens is 1. The maximum Gasteiger partial charge on any atom is 0.239 e. The number of likely N-dealkylation sites (N-methyl/N-ethyl adjacent to an activating group) is 1. The molecule has 3 nitrogen and oxygen atoms in total. The van der Waals surface area contributed by atoms with Gasteiger partial charge in [0.05, 0.1) is 12.1 Å². The number of carbonyl (C=O) groups excluding carboxylic acids is 1. The Balaban J connectivity index is 2.81. The lowest BCUT2D eigenvalue weighted by atomic mass is 10.1. The van der Waals surface area contributed by atoms with Crippen molar-refractivity contribution in [2.75, 3.05) is 7.05 Å². The van der Waals surface area contributed by atoms with Gasteiger partial charge in [0.2, 0.25) is 5.91 Å². The Labute approximate surface area is 114 Å². The monoisotopic (exact) mass is 268 g/mol. The van der Waals surface area contributed by atoms with Gasteiger partial charge in [-0.1, -0.05) is 43.1 Å². The number of carbonyl (C=O) groups is 1. The molecule has 0 spiro atoms. The van der Waals surface area contributed by atoms with E-state index < -0.39 is 6.04 Å². The maximum absolute atomic E-state index is 12.1. The van der Waals surface area contributed by atoms with Gasteiger partial charge < -0.3 is 10.6 Å². The Hall–Kier alpha value is -1.06. The molecule has 1 rings (SSSR count). The van der Waals surface area contributed by atoms with E-state index >= 15 is 0 Å². The molecule has 18 heavy (non-hydrogen) atoms. The second-order valence-electron chi connectivity index (χ2n) is 4.54. The molecule has 0 aliphatic rings. The van der Waals surface area contributed by atoms with Gasteiger partial charge >= 0.3 is 0 Å². The molecule has 0 aliphatic heterocycles. The molecule has 2 unspecified atom stereocenters. The van der Waals surface area contributed by atoms with Crippen LogP contribution in [-0.4, -0.2) is 23.9 Å². The number of hydrogen-bond acceptors (Lipinski definition) is 2. The lowest BCUT2D eigenvalue weighted by Crippen LogP contribution is -2.42. The average molecular weight is 269 g/mol. The quantitative estimate of drug-likeness (QED) is 0.892. The lowest BCUT2D eigenvalue weighted by molar-refractivity contribution is -0.133. The summed E-state index contributed by atoms with van der Waals surface area (Å²) in [4.78, 5) is 13.8. The Morgan fingerprint density at radius 1 is 1.44 bits per heavy atom. The van der Waals surface area contributed by atoms with Crippen LogP contribution in [0.5, 0.6) is 0 Å². The van der Waals surface area contributed by atoms with E-state index in [1.54, 1.807) is 11.9 Å². The Morgan fingerprint density at radius 2 is 2.06 bits per heavy atom. The van der Waals surface area contributed by atoms with Crippen molar-refractivity contribution < 1.29 is 4.79 Å². The second kappa shape index (κ2) is 6.76. The summed E-state index contributed by atoms with van der Waals surface area (Å²) in [5.41, 5.74) is 6.80. The second-order valence-corrected chi connectivity index (χ2v) is 4.95. The van der Waals surface area contributed by atoms with Crippen LogP contribution in [0.3, 0.4) is 0 Å². The predicted octanol–water partition coefficient (Wildman–Crippen LogP) is 2.99. The van der Waals surface area contributed by atoms with Crippen molar-refractivity contribution in [3.8, 4) is 0 Å². The van der Waals surface area contributed by atoms with Crippen LogP contribution in [0.4, 0.5) is 0 Å². The fraction of sp³-hybridized carbons (Fsp3) is 0.500. The summed E-state index contributed by atoms with van der Waals surface area (Å²) in [6.07, 6.45) is 1.61. The number of amides is 1. The largest absolute Gasteiger partial charge is 0.338 e. The zero-order chi connectivity index (χ0) is 13.7. The first kappa shape index (κ1) is 15.0. The van der Waals surface area contributed by atoms with Crippen LogP contribution in [0, 0.1) is 0 Å². The highest BCUT2D eigenvalue weighted by Gasteiger charge is 2.23. The first-order valence-electron chi connectivity index (χ1n) is 6.25. The van der Waals surface area contributed by atoms with Gasteiger partial charge in [-0.15, -0.1) is 0 Å². The average Bonchev–Trinajstić information content (AvgIpc) is 2.37. The van der Waals surface area contributed by atoms with Gasteiger partial charge in [-0.3, -0.25) is 4.79 Å². The smallest absolute Gasteiger partial charge is 0.239 e. The van der Waals surface area contributed by atoms with Gasteiger partial charge in [-0.2, -0.15) is 0 Å². The Morgan fingerprint density at radius 3 is 2.61 bits per heavy atom. The van der Waals surface area contributed by atoms with Gasteiger partial charge in [-0.25, -0.2) is 0 Å². The molecule has 4 heteroatoms. The number of benzene rings is 1. The number of hydrogen-bond donors (Lipinski definition) is 1. The minimum Gasteiger partial charge on any atom is -0.338 e. The summed E-state index contributed by atoms with van der Waals surface area (Å²) in [6, 6.07) is 7.06. The van der Waals surface area contributed by atoms with Crippen LogP contribution in [0.15, 0.2) is 24.3 Å². The molecule has 2 atom stereocenters. The third kappa shape index (κ3) is 3.47. The molecule has 0 radical (unpaired) electrons. The van der Waals surface area contributed by atoms with E-state index in [1.165, 1.54) is 0 Å². The zero-order valence-electron chi connectivity index (χ0n) is 11.2. The molecule has 100 valence electrons. The summed E-state index contributed by atoms with van der Waals surface area (Å²) in [5, 5.41) is 0.675. The van der Waals surface area contributed by atoms with Gasteiger partial charge in [0.25, 0.3) is 0 Å². The van der Waals surface area contributed by atoms with Crippen molar-refractivity contribution in [2.24, 2.45) is 5.73 Å². The lowest BCUT2D eigenvalue weighted by Gasteiger charge is -2.28. The van der Waals surface area contributed by atoms with Gasteiger partial charge in [0, 0.05) is 12.1 Å². The number of rotatable bonds is 5. The van der Waals surface area contributed by atoms with Gasteiger partial charge in [-0.05, 0) is 25.0 Å². The van der Waals surface area contributed by atoms with Crippen molar-refractivity contribution >= 4 is 17.5 Å². The summed E-state index contributed by atoms with van der Waals surface area (Å²) in [5.74, 6) is -0.0377. The van der Waals surface area contributed by atoms with Crippen LogP contribution in [-0.2, 0) is 4.79 Å². The van der Waals surface area contributed by atoms with Crippen LogP contribution in [0.1, 0.15) is 38.3 Å². The summed E-state index contributed by atoms with van der Waals surface area (Å²) in [6.45, 7) is 3.97. The van der Waals surface area contributed by atoms with Crippen LogP contribution >= 0.6 is 11.6 Å². The molecule has 0 heterocycles. The normalized spacial score (nSPS) is 14.1. The number of nitrogens with zero attached hydrogens (tertiary/aromatic N) is 1. The minimum atomic E-state index is -0.426. The summed E-state index contributed by atoms with van der Waals surface area (Å²) >= 11 is 6.14. The van der Waals surface area contributed by atoms with Gasteiger partial charge in [0.15, 0.2) is 0 Å². The standard InChI is InChI=1S/C14H21ClN2O/c1-4-7-13(16)14(18)17(3)10(2)11-8-5-6-9-12(11)15/h5-6,8-10,13H,4,7,16H2,1-3H3. The first-order chi connectivity index (χ1) is 8.49. The Bertz CT molecular complexity index is 409. The van der Waals surface area contributed by atoms with Crippen molar-refractivity contribution in [3.63, 3.8) is 0 Å². The van der Waals surface area contributed by atoms with E-state index in [4.69, 9.17) is 17.3 Å². The van der Waals surface area contributed by atoms with E-state index in [2.05, 4.69) is 0 Å². The van der Waals surface area contributed by atoms with Crippen molar-refractivity contribution in [2.45, 2.75) is 38.8 Å². The highest BCUT2D eigenvalue weighted by molar-refractivity contribution is 6.31. The molecular formula is C14H21ClN2O. The predicted molar refractivity (Wildman–Crippen MR) is 75.5 cm³/mol. The molecular weight excluding hydrogens is 248 g/mol. The Kier molecular flexibility index (Phi) is 5.63. The van der Waals surface area contributed by atoms with Gasteiger partial charge in [0.1, 0.15) is 0 Å². The highest BCUT2D eigenvalue weighted by Crippen LogP contribution is 2.26. The maximum atomic E-state index is 12.1. The van der Waals surface area contributed by atoms with E-state index in [9.17, 15) is 4.79 Å². The number of nitrogens with two attached hydrogens (primary N) is 1. The van der Waals surface area contributed by atoms with E-state index in [0.29, 0.717) is 11.4 Å². The molecule has 0 bridgehead atoms. The highest BCUT2D eigenvalue weighted by atomic mass is 35.5. The summed E-state index contributed by atoms with van der Waals surface area (Å²) in [7, 11) is 1.77. The SMILES string of the molecule is CCCC(N)C(=O)N(C)C(C)c1ccccc1Cl. The summed E-state index contributed by atoms with van der Waals surface area (Å²) < 4.78 is 0. The van der Waals surface area contributed by atoms with Crippen LogP contribution in [0.2, 0.25) is 5.02 Å². The third-order valence-electron chi connectivity index (χ3n) is 3.20. The van der Waals surface area contributed by atoms with Crippen molar-refractivity contribution in [1.82, 2.24) is 4.90 Å². The molecule has 2 N–H and O–H groups in total. The molecule has 0 fully saturated rings. The van der Waals surface area contributed by atoms with Crippen molar-refractivity contribution in [3.05, 3.63) is 34.9 Å². The molecule has 1 aromatic rings. The third-order valence-corrected chi connectivity index (χ3v) is 3.54.